The Morgan fingerprint density at radius 3 is 2.29 bits per heavy atom. The molecule has 1 saturated heterocycles. The summed E-state index contributed by atoms with van der Waals surface area (Å²) in [6, 6.07) is 11.8. The summed E-state index contributed by atoms with van der Waals surface area (Å²) in [6.45, 7) is 4.64. The molecule has 34 heavy (non-hydrogen) atoms. The second kappa shape index (κ2) is 11.6. The number of rotatable bonds is 8. The molecule has 182 valence electrons. The van der Waals surface area contributed by atoms with Crippen molar-refractivity contribution in [1.29, 1.82) is 0 Å². The van der Waals surface area contributed by atoms with E-state index in [0.717, 1.165) is 6.42 Å². The summed E-state index contributed by atoms with van der Waals surface area (Å²) in [5.74, 6) is -1.02. The second-order valence-electron chi connectivity index (χ2n) is 8.61. The van der Waals surface area contributed by atoms with Crippen LogP contribution in [0.3, 0.4) is 0 Å². The predicted octanol–water partition coefficient (Wildman–Crippen LogP) is 3.40. The molecular weight excluding hydrogens is 437 g/mol. The van der Waals surface area contributed by atoms with Gasteiger partial charge < -0.3 is 20.3 Å². The van der Waals surface area contributed by atoms with Gasteiger partial charge in [-0.15, -0.1) is 0 Å². The van der Waals surface area contributed by atoms with Crippen LogP contribution in [0.25, 0.3) is 0 Å². The van der Waals surface area contributed by atoms with Crippen molar-refractivity contribution in [3.05, 3.63) is 65.5 Å². The van der Waals surface area contributed by atoms with Crippen LogP contribution in [0.4, 0.5) is 4.39 Å². The van der Waals surface area contributed by atoms with Crippen LogP contribution in [-0.2, 0) is 4.79 Å². The molecule has 3 amide bonds. The van der Waals surface area contributed by atoms with Gasteiger partial charge in [-0.1, -0.05) is 19.1 Å². The number of nitrogens with one attached hydrogen (secondary N) is 2. The quantitative estimate of drug-likeness (QED) is 0.620. The van der Waals surface area contributed by atoms with Crippen LogP contribution in [-0.4, -0.2) is 54.9 Å². The lowest BCUT2D eigenvalue weighted by molar-refractivity contribution is -0.125. The molecule has 1 aliphatic heterocycles. The number of piperidine rings is 1. The topological polar surface area (TPSA) is 87.7 Å². The van der Waals surface area contributed by atoms with Crippen molar-refractivity contribution in [2.45, 2.75) is 45.2 Å². The number of carbonyl (C=O) groups excluding carboxylic acids is 3. The molecule has 2 N–H and O–H groups in total. The van der Waals surface area contributed by atoms with E-state index in [4.69, 9.17) is 4.74 Å². The minimum Gasteiger partial charge on any atom is -0.497 e. The standard InChI is InChI=1S/C26H32FN3O4/c1-4-17(2)28-25(32)23(29-24(31)19-9-11-20(34-3)12-10-19)18-13-15-30(16-14-18)26(33)21-7-5-6-8-22(21)27/h5-12,17-18,23H,4,13-16H2,1-3H3,(H,28,32)(H,29,31)/t17-,23-/m0/s1. The molecule has 1 fully saturated rings. The number of benzene rings is 2. The minimum atomic E-state index is -0.741. The first kappa shape index (κ1) is 25.2. The summed E-state index contributed by atoms with van der Waals surface area (Å²) in [6.07, 6.45) is 1.80. The van der Waals surface area contributed by atoms with E-state index in [0.29, 0.717) is 37.2 Å². The van der Waals surface area contributed by atoms with Crippen LogP contribution in [0.15, 0.2) is 48.5 Å². The number of hydrogen-bond acceptors (Lipinski definition) is 4. The zero-order valence-corrected chi connectivity index (χ0v) is 19.8. The zero-order chi connectivity index (χ0) is 24.7. The summed E-state index contributed by atoms with van der Waals surface area (Å²) < 4.78 is 19.2. The van der Waals surface area contributed by atoms with Crippen molar-refractivity contribution in [3.8, 4) is 5.75 Å². The summed E-state index contributed by atoms with van der Waals surface area (Å²) >= 11 is 0. The van der Waals surface area contributed by atoms with Crippen molar-refractivity contribution < 1.29 is 23.5 Å². The van der Waals surface area contributed by atoms with Crippen LogP contribution in [0.1, 0.15) is 53.8 Å². The van der Waals surface area contributed by atoms with Crippen molar-refractivity contribution >= 4 is 17.7 Å². The fourth-order valence-corrected chi connectivity index (χ4v) is 4.04. The van der Waals surface area contributed by atoms with Crippen molar-refractivity contribution in [2.75, 3.05) is 20.2 Å². The molecule has 0 aromatic heterocycles. The smallest absolute Gasteiger partial charge is 0.256 e. The highest BCUT2D eigenvalue weighted by atomic mass is 19.1. The molecule has 0 unspecified atom stereocenters. The van der Waals surface area contributed by atoms with Gasteiger partial charge in [-0.3, -0.25) is 14.4 Å². The molecule has 1 aliphatic rings. The van der Waals surface area contributed by atoms with Crippen molar-refractivity contribution in [3.63, 3.8) is 0 Å². The van der Waals surface area contributed by atoms with Gasteiger partial charge in [-0.2, -0.15) is 0 Å². The monoisotopic (exact) mass is 469 g/mol. The molecule has 7 nitrogen and oxygen atoms in total. The first-order valence-electron chi connectivity index (χ1n) is 11.6. The predicted molar refractivity (Wildman–Crippen MR) is 127 cm³/mol. The Kier molecular flexibility index (Phi) is 8.62. The molecule has 0 saturated carbocycles. The van der Waals surface area contributed by atoms with Crippen LogP contribution in [0.5, 0.6) is 5.75 Å². The molecule has 0 radical (unpaired) electrons. The van der Waals surface area contributed by atoms with Gasteiger partial charge in [0.05, 0.1) is 12.7 Å². The fourth-order valence-electron chi connectivity index (χ4n) is 4.04. The van der Waals surface area contributed by atoms with Crippen LogP contribution >= 0.6 is 0 Å². The van der Waals surface area contributed by atoms with E-state index in [1.54, 1.807) is 48.4 Å². The third-order valence-corrected chi connectivity index (χ3v) is 6.32. The SMILES string of the molecule is CC[C@H](C)NC(=O)[C@@H](NC(=O)c1ccc(OC)cc1)C1CCN(C(=O)c2ccccc2F)CC1. The molecule has 2 aromatic carbocycles. The number of nitrogens with zero attached hydrogens (tertiary/aromatic N) is 1. The second-order valence-corrected chi connectivity index (χ2v) is 8.61. The fraction of sp³-hybridized carbons (Fsp3) is 0.423. The molecule has 3 rings (SSSR count). The van der Waals surface area contributed by atoms with Crippen LogP contribution in [0, 0.1) is 11.7 Å². The first-order valence-corrected chi connectivity index (χ1v) is 11.6. The van der Waals surface area contributed by atoms with Gasteiger partial charge in [0.25, 0.3) is 11.8 Å². The maximum Gasteiger partial charge on any atom is 0.256 e. The maximum atomic E-state index is 14.1. The molecule has 2 atom stereocenters. The van der Waals surface area contributed by atoms with Gasteiger partial charge in [-0.05, 0) is 68.5 Å². The number of hydrogen-bond donors (Lipinski definition) is 2. The minimum absolute atomic E-state index is 0.0318. The summed E-state index contributed by atoms with van der Waals surface area (Å²) in [7, 11) is 1.55. The summed E-state index contributed by atoms with van der Waals surface area (Å²) in [5, 5.41) is 5.86. The Balaban J connectivity index is 1.71. The van der Waals surface area contributed by atoms with Gasteiger partial charge in [0.1, 0.15) is 17.6 Å². The third kappa shape index (κ3) is 6.12. The van der Waals surface area contributed by atoms with E-state index in [-0.39, 0.29) is 35.2 Å². The van der Waals surface area contributed by atoms with Crippen molar-refractivity contribution in [2.24, 2.45) is 5.92 Å². The molecule has 0 spiro atoms. The normalized spacial score (nSPS) is 15.8. The van der Waals surface area contributed by atoms with E-state index in [2.05, 4.69) is 10.6 Å². The molecular formula is C26H32FN3O4. The maximum absolute atomic E-state index is 14.1. The Hall–Kier alpha value is -3.42. The first-order chi connectivity index (χ1) is 16.3. The lowest BCUT2D eigenvalue weighted by atomic mass is 9.88. The summed E-state index contributed by atoms with van der Waals surface area (Å²) in [5.41, 5.74) is 0.467. The molecule has 0 aliphatic carbocycles. The highest BCUT2D eigenvalue weighted by Gasteiger charge is 2.35. The average molecular weight is 470 g/mol. The van der Waals surface area contributed by atoms with E-state index >= 15 is 0 Å². The number of halogens is 1. The zero-order valence-electron chi connectivity index (χ0n) is 19.8. The number of ether oxygens (including phenoxy) is 1. The van der Waals surface area contributed by atoms with E-state index < -0.39 is 11.9 Å². The Labute approximate surface area is 199 Å². The number of carbonyl (C=O) groups is 3. The number of amides is 3. The third-order valence-electron chi connectivity index (χ3n) is 6.32. The highest BCUT2D eigenvalue weighted by Crippen LogP contribution is 2.24. The Morgan fingerprint density at radius 2 is 1.71 bits per heavy atom. The number of likely N-dealkylation sites (tertiary alicyclic amines) is 1. The van der Waals surface area contributed by atoms with Crippen LogP contribution < -0.4 is 15.4 Å². The van der Waals surface area contributed by atoms with Gasteiger partial charge >= 0.3 is 0 Å². The van der Waals surface area contributed by atoms with Crippen molar-refractivity contribution in [1.82, 2.24) is 15.5 Å². The molecule has 8 heteroatoms. The van der Waals surface area contributed by atoms with Gasteiger partial charge in [0.2, 0.25) is 5.91 Å². The Morgan fingerprint density at radius 1 is 1.06 bits per heavy atom. The summed E-state index contributed by atoms with van der Waals surface area (Å²) in [4.78, 5) is 40.4. The Bertz CT molecular complexity index is 1000. The largest absolute Gasteiger partial charge is 0.497 e. The van der Waals surface area contributed by atoms with E-state index in [1.807, 2.05) is 13.8 Å². The van der Waals surface area contributed by atoms with E-state index in [1.165, 1.54) is 12.1 Å². The molecule has 0 bridgehead atoms. The van der Waals surface area contributed by atoms with E-state index in [9.17, 15) is 18.8 Å². The molecule has 1 heterocycles. The average Bonchev–Trinajstić information content (AvgIpc) is 2.87. The molecule has 2 aromatic rings. The number of methoxy groups -OCH3 is 1. The van der Waals surface area contributed by atoms with Gasteiger partial charge in [0, 0.05) is 24.7 Å². The van der Waals surface area contributed by atoms with Gasteiger partial charge in [0.15, 0.2) is 0 Å². The van der Waals surface area contributed by atoms with Crippen LogP contribution in [0.2, 0.25) is 0 Å². The lowest BCUT2D eigenvalue weighted by Crippen LogP contribution is -2.55. The van der Waals surface area contributed by atoms with Gasteiger partial charge in [-0.25, -0.2) is 4.39 Å². The highest BCUT2D eigenvalue weighted by molar-refractivity contribution is 5.98. The lowest BCUT2D eigenvalue weighted by Gasteiger charge is -2.36.